The van der Waals surface area contributed by atoms with Gasteiger partial charge in [0.2, 0.25) is 0 Å². The predicted octanol–water partition coefficient (Wildman–Crippen LogP) is 1.57. The smallest absolute Gasteiger partial charge is 0.322 e. The van der Waals surface area contributed by atoms with E-state index >= 15 is 0 Å². The first-order chi connectivity index (χ1) is 6.63. The number of ether oxygens (including phenoxy) is 1. The largest absolute Gasteiger partial charge is 0.468 e. The Hall–Kier alpha value is -0.570. The third-order valence-electron chi connectivity index (χ3n) is 2.80. The molecule has 0 aromatic rings. The van der Waals surface area contributed by atoms with Gasteiger partial charge in [-0.2, -0.15) is 0 Å². The van der Waals surface area contributed by atoms with Crippen LogP contribution in [0.1, 0.15) is 33.1 Å². The maximum absolute atomic E-state index is 11.3. The molecule has 0 aromatic carbocycles. The molecule has 0 aromatic heterocycles. The van der Waals surface area contributed by atoms with Crippen LogP contribution < -0.4 is 5.32 Å². The van der Waals surface area contributed by atoms with Gasteiger partial charge in [-0.25, -0.2) is 0 Å². The second-order valence-electron chi connectivity index (χ2n) is 4.55. The van der Waals surface area contributed by atoms with Crippen LogP contribution in [-0.4, -0.2) is 25.7 Å². The molecule has 0 radical (unpaired) electrons. The molecule has 1 aliphatic rings. The van der Waals surface area contributed by atoms with Gasteiger partial charge in [-0.05, 0) is 37.6 Å². The van der Waals surface area contributed by atoms with Crippen LogP contribution in [-0.2, 0) is 9.53 Å². The van der Waals surface area contributed by atoms with Gasteiger partial charge in [0, 0.05) is 0 Å². The molecule has 1 rings (SSSR count). The van der Waals surface area contributed by atoms with Gasteiger partial charge in [0.15, 0.2) is 0 Å². The number of hydrogen-bond donors (Lipinski definition) is 1. The van der Waals surface area contributed by atoms with Crippen molar-refractivity contribution in [3.05, 3.63) is 0 Å². The molecule has 0 bridgehead atoms. The van der Waals surface area contributed by atoms with Crippen LogP contribution in [0.25, 0.3) is 0 Å². The van der Waals surface area contributed by atoms with Crippen molar-refractivity contribution in [3.63, 3.8) is 0 Å². The molecule has 0 amide bonds. The number of methoxy groups -OCH3 is 1. The number of carbonyl (C=O) groups excluding carboxylic acids is 1. The monoisotopic (exact) mass is 199 g/mol. The van der Waals surface area contributed by atoms with E-state index in [0.717, 1.165) is 18.9 Å². The molecule has 1 heterocycles. The summed E-state index contributed by atoms with van der Waals surface area (Å²) in [6, 6.07) is -0.0718. The summed E-state index contributed by atoms with van der Waals surface area (Å²) in [7, 11) is 1.45. The second-order valence-corrected chi connectivity index (χ2v) is 4.55. The zero-order chi connectivity index (χ0) is 10.6. The summed E-state index contributed by atoms with van der Waals surface area (Å²) in [6.07, 6.45) is 3.34. The number of nitrogens with one attached hydrogen (secondary N) is 1. The lowest BCUT2D eigenvalue weighted by atomic mass is 9.86. The molecule has 82 valence electrons. The maximum atomic E-state index is 11.3. The van der Waals surface area contributed by atoms with Gasteiger partial charge >= 0.3 is 5.97 Å². The van der Waals surface area contributed by atoms with Crippen LogP contribution in [0.15, 0.2) is 0 Å². The molecule has 14 heavy (non-hydrogen) atoms. The zero-order valence-corrected chi connectivity index (χ0v) is 9.38. The topological polar surface area (TPSA) is 38.3 Å². The summed E-state index contributed by atoms with van der Waals surface area (Å²) in [5.74, 6) is 1.29. The molecular formula is C11H21NO2. The van der Waals surface area contributed by atoms with Gasteiger partial charge in [-0.15, -0.1) is 0 Å². The van der Waals surface area contributed by atoms with Crippen LogP contribution >= 0.6 is 0 Å². The normalized spacial score (nSPS) is 27.7. The summed E-state index contributed by atoms with van der Waals surface area (Å²) in [5.41, 5.74) is 0. The van der Waals surface area contributed by atoms with Crippen LogP contribution in [0.2, 0.25) is 0 Å². The van der Waals surface area contributed by atoms with Crippen molar-refractivity contribution in [2.45, 2.75) is 39.2 Å². The Bertz CT molecular complexity index is 192. The Labute approximate surface area is 86.2 Å². The minimum absolute atomic E-state index is 0.0718. The van der Waals surface area contributed by atoms with Crippen molar-refractivity contribution in [2.24, 2.45) is 11.8 Å². The first kappa shape index (κ1) is 11.5. The van der Waals surface area contributed by atoms with E-state index in [1.807, 2.05) is 0 Å². The van der Waals surface area contributed by atoms with Crippen LogP contribution in [0.4, 0.5) is 0 Å². The summed E-state index contributed by atoms with van der Waals surface area (Å²) >= 11 is 0. The number of esters is 1. The van der Waals surface area contributed by atoms with E-state index in [1.54, 1.807) is 0 Å². The van der Waals surface area contributed by atoms with Gasteiger partial charge in [0.05, 0.1) is 7.11 Å². The summed E-state index contributed by atoms with van der Waals surface area (Å²) in [4.78, 5) is 11.3. The zero-order valence-electron chi connectivity index (χ0n) is 9.38. The molecule has 3 heteroatoms. The molecule has 0 aliphatic carbocycles. The highest BCUT2D eigenvalue weighted by atomic mass is 16.5. The molecule has 0 spiro atoms. The maximum Gasteiger partial charge on any atom is 0.322 e. The molecule has 2 atom stereocenters. The lowest BCUT2D eigenvalue weighted by Crippen LogP contribution is -2.44. The number of rotatable bonds is 3. The second kappa shape index (κ2) is 5.35. The van der Waals surface area contributed by atoms with Gasteiger partial charge in [0.1, 0.15) is 6.04 Å². The standard InChI is InChI=1S/C11H21NO2/c1-8(2)6-9-4-5-12-10(7-9)11(13)14-3/h8-10,12H,4-7H2,1-3H3/t9-,10-/m0/s1. The van der Waals surface area contributed by atoms with E-state index in [9.17, 15) is 4.79 Å². The highest BCUT2D eigenvalue weighted by Gasteiger charge is 2.27. The Morgan fingerprint density at radius 1 is 1.57 bits per heavy atom. The SMILES string of the molecule is COC(=O)[C@@H]1C[C@H](CC(C)C)CCN1. The van der Waals surface area contributed by atoms with Crippen molar-refractivity contribution in [3.8, 4) is 0 Å². The van der Waals surface area contributed by atoms with E-state index in [4.69, 9.17) is 4.74 Å². The highest BCUT2D eigenvalue weighted by Crippen LogP contribution is 2.23. The molecule has 1 fully saturated rings. The molecular weight excluding hydrogens is 178 g/mol. The van der Waals surface area contributed by atoms with Crippen LogP contribution in [0.3, 0.4) is 0 Å². The Morgan fingerprint density at radius 2 is 2.29 bits per heavy atom. The van der Waals surface area contributed by atoms with Gasteiger partial charge in [0.25, 0.3) is 0 Å². The van der Waals surface area contributed by atoms with Crippen LogP contribution in [0, 0.1) is 11.8 Å². The van der Waals surface area contributed by atoms with E-state index in [-0.39, 0.29) is 12.0 Å². The fourth-order valence-corrected chi connectivity index (χ4v) is 2.20. The van der Waals surface area contributed by atoms with Crippen LogP contribution in [0.5, 0.6) is 0 Å². The average molecular weight is 199 g/mol. The van der Waals surface area contributed by atoms with E-state index < -0.39 is 0 Å². The van der Waals surface area contributed by atoms with Gasteiger partial charge in [-0.3, -0.25) is 4.79 Å². The van der Waals surface area contributed by atoms with Gasteiger partial charge < -0.3 is 10.1 Å². The first-order valence-electron chi connectivity index (χ1n) is 5.44. The van der Waals surface area contributed by atoms with Crippen molar-refractivity contribution >= 4 is 5.97 Å². The third kappa shape index (κ3) is 3.29. The Kier molecular flexibility index (Phi) is 4.39. The van der Waals surface area contributed by atoms with Crippen molar-refractivity contribution in [2.75, 3.05) is 13.7 Å². The number of carbonyl (C=O) groups is 1. The Morgan fingerprint density at radius 3 is 2.86 bits per heavy atom. The molecule has 1 aliphatic heterocycles. The third-order valence-corrected chi connectivity index (χ3v) is 2.80. The molecule has 0 saturated carbocycles. The lowest BCUT2D eigenvalue weighted by Gasteiger charge is -2.29. The summed E-state index contributed by atoms with van der Waals surface area (Å²) < 4.78 is 4.74. The van der Waals surface area contributed by atoms with E-state index in [1.165, 1.54) is 20.0 Å². The predicted molar refractivity (Wildman–Crippen MR) is 56.0 cm³/mol. The molecule has 1 N–H and O–H groups in total. The van der Waals surface area contributed by atoms with Crippen molar-refractivity contribution in [1.82, 2.24) is 5.32 Å². The van der Waals surface area contributed by atoms with E-state index in [0.29, 0.717) is 5.92 Å². The lowest BCUT2D eigenvalue weighted by molar-refractivity contribution is -0.144. The average Bonchev–Trinajstić information content (AvgIpc) is 2.16. The molecule has 3 nitrogen and oxygen atoms in total. The minimum Gasteiger partial charge on any atom is -0.468 e. The van der Waals surface area contributed by atoms with Crippen molar-refractivity contribution in [1.29, 1.82) is 0 Å². The van der Waals surface area contributed by atoms with Gasteiger partial charge in [-0.1, -0.05) is 13.8 Å². The fraction of sp³-hybridized carbons (Fsp3) is 0.909. The minimum atomic E-state index is -0.113. The van der Waals surface area contributed by atoms with E-state index in [2.05, 4.69) is 19.2 Å². The summed E-state index contributed by atoms with van der Waals surface area (Å²) in [5, 5.41) is 3.20. The number of piperidine rings is 1. The van der Waals surface area contributed by atoms with Crippen molar-refractivity contribution < 1.29 is 9.53 Å². The molecule has 1 saturated heterocycles. The highest BCUT2D eigenvalue weighted by molar-refractivity contribution is 5.75. The fourth-order valence-electron chi connectivity index (χ4n) is 2.20. The molecule has 0 unspecified atom stereocenters. The quantitative estimate of drug-likeness (QED) is 0.701. The summed E-state index contributed by atoms with van der Waals surface area (Å²) in [6.45, 7) is 5.40. The Balaban J connectivity index is 2.39. The number of hydrogen-bond acceptors (Lipinski definition) is 3. The first-order valence-corrected chi connectivity index (χ1v) is 5.44.